The fourth-order valence-corrected chi connectivity index (χ4v) is 4.58. The average molecular weight is 553 g/mol. The highest BCUT2D eigenvalue weighted by atomic mass is 16.5. The van der Waals surface area contributed by atoms with Crippen LogP contribution >= 0.6 is 0 Å². The molecule has 1 unspecified atom stereocenters. The van der Waals surface area contributed by atoms with Crippen molar-refractivity contribution in [2.24, 2.45) is 5.92 Å². The summed E-state index contributed by atoms with van der Waals surface area (Å²) in [6.07, 6.45) is 2.88. The molecule has 0 bridgehead atoms. The molecule has 0 aromatic heterocycles. The molecule has 1 saturated heterocycles. The fraction of sp³-hybridized carbons (Fsp3) is 0.500. The number of methoxy groups -OCH3 is 1. The minimum Gasteiger partial charge on any atom is -0.507 e. The number of rotatable bonds is 14. The summed E-state index contributed by atoms with van der Waals surface area (Å²) in [5.74, 6) is 0.762. The monoisotopic (exact) mass is 552 g/mol. The lowest BCUT2D eigenvalue weighted by molar-refractivity contribution is -0.140. The molecule has 2 aromatic carbocycles. The first-order chi connectivity index (χ1) is 19.1. The Morgan fingerprint density at radius 3 is 2.35 bits per heavy atom. The van der Waals surface area contributed by atoms with E-state index < -0.39 is 17.7 Å². The van der Waals surface area contributed by atoms with Crippen molar-refractivity contribution in [3.05, 3.63) is 58.7 Å². The summed E-state index contributed by atoms with van der Waals surface area (Å²) in [7, 11) is 5.37. The number of ether oxygens (including phenoxy) is 3. The molecule has 0 saturated carbocycles. The van der Waals surface area contributed by atoms with E-state index in [1.807, 2.05) is 32.0 Å². The minimum absolute atomic E-state index is 0.0540. The molecular formula is C32H44N2O6. The Kier molecular flexibility index (Phi) is 11.0. The second kappa shape index (κ2) is 14.2. The number of hydrogen-bond acceptors (Lipinski definition) is 7. The number of likely N-dealkylation sites (N-methyl/N-ethyl adjacent to an activating group) is 1. The van der Waals surface area contributed by atoms with E-state index in [2.05, 4.69) is 20.8 Å². The van der Waals surface area contributed by atoms with Crippen LogP contribution in [-0.4, -0.2) is 74.1 Å². The Morgan fingerprint density at radius 1 is 1.02 bits per heavy atom. The maximum absolute atomic E-state index is 13.4. The smallest absolute Gasteiger partial charge is 0.295 e. The number of aryl methyl sites for hydroxylation is 1. The Bertz CT molecular complexity index is 1220. The van der Waals surface area contributed by atoms with Gasteiger partial charge >= 0.3 is 0 Å². The summed E-state index contributed by atoms with van der Waals surface area (Å²) in [5, 5.41) is 11.5. The van der Waals surface area contributed by atoms with Gasteiger partial charge in [-0.1, -0.05) is 33.3 Å². The number of benzene rings is 2. The Hall–Kier alpha value is -3.52. The highest BCUT2D eigenvalue weighted by Crippen LogP contribution is 2.42. The first-order valence-electron chi connectivity index (χ1n) is 14.1. The van der Waals surface area contributed by atoms with E-state index in [1.54, 1.807) is 37.4 Å². The maximum Gasteiger partial charge on any atom is 0.295 e. The number of amides is 1. The number of likely N-dealkylation sites (tertiary alicyclic amines) is 1. The average Bonchev–Trinajstić information content (AvgIpc) is 3.17. The predicted octanol–water partition coefficient (Wildman–Crippen LogP) is 5.59. The van der Waals surface area contributed by atoms with Crippen LogP contribution in [0.25, 0.3) is 5.76 Å². The zero-order valence-corrected chi connectivity index (χ0v) is 25.0. The van der Waals surface area contributed by atoms with Crippen LogP contribution in [0.2, 0.25) is 0 Å². The summed E-state index contributed by atoms with van der Waals surface area (Å²) in [6.45, 7) is 10.3. The van der Waals surface area contributed by atoms with E-state index in [1.165, 1.54) is 4.90 Å². The molecule has 1 aliphatic rings. The van der Waals surface area contributed by atoms with Crippen molar-refractivity contribution in [3.8, 4) is 17.2 Å². The molecule has 1 amide bonds. The standard InChI is InChI=1S/C32H44N2O6/c1-8-9-17-39-25-12-11-24(19-22(25)4)30(35)28-29(34(16-15-33(5)6)32(37)31(28)36)23-10-13-26(27(20-23)38-7)40-18-14-21(2)3/h10-13,19-21,29,35H,8-9,14-18H2,1-7H3. The van der Waals surface area contributed by atoms with Gasteiger partial charge in [0.2, 0.25) is 0 Å². The molecule has 0 spiro atoms. The third-order valence-corrected chi connectivity index (χ3v) is 6.99. The zero-order chi connectivity index (χ0) is 29.4. The molecule has 3 rings (SSSR count). The number of unbranched alkanes of at least 4 members (excludes halogenated alkanes) is 1. The van der Waals surface area contributed by atoms with E-state index in [-0.39, 0.29) is 11.3 Å². The number of carbonyl (C=O) groups is 2. The Morgan fingerprint density at radius 2 is 1.73 bits per heavy atom. The van der Waals surface area contributed by atoms with E-state index in [0.29, 0.717) is 54.8 Å². The van der Waals surface area contributed by atoms with Crippen molar-refractivity contribution >= 4 is 17.4 Å². The second-order valence-corrected chi connectivity index (χ2v) is 10.9. The number of aliphatic hydroxyl groups excluding tert-OH is 1. The SMILES string of the molecule is CCCCOc1ccc(C(O)=C2C(=O)C(=O)N(CCN(C)C)C2c2ccc(OCCC(C)C)c(OC)c2)cc1C. The van der Waals surface area contributed by atoms with E-state index in [4.69, 9.17) is 14.2 Å². The fourth-order valence-electron chi connectivity index (χ4n) is 4.58. The van der Waals surface area contributed by atoms with Crippen molar-refractivity contribution < 1.29 is 28.9 Å². The zero-order valence-electron chi connectivity index (χ0n) is 25.0. The summed E-state index contributed by atoms with van der Waals surface area (Å²) < 4.78 is 17.4. The van der Waals surface area contributed by atoms with Crippen molar-refractivity contribution in [1.82, 2.24) is 9.80 Å². The number of nitrogens with zero attached hydrogens (tertiary/aromatic N) is 2. The van der Waals surface area contributed by atoms with Gasteiger partial charge in [0.25, 0.3) is 11.7 Å². The second-order valence-electron chi connectivity index (χ2n) is 10.9. The molecule has 1 N–H and O–H groups in total. The molecule has 1 heterocycles. The van der Waals surface area contributed by atoms with Gasteiger partial charge in [-0.15, -0.1) is 0 Å². The van der Waals surface area contributed by atoms with Gasteiger partial charge in [0.1, 0.15) is 11.5 Å². The van der Waals surface area contributed by atoms with Crippen LogP contribution in [0.15, 0.2) is 42.0 Å². The largest absolute Gasteiger partial charge is 0.507 e. The Balaban J connectivity index is 2.06. The van der Waals surface area contributed by atoms with Crippen LogP contribution in [0.3, 0.4) is 0 Å². The van der Waals surface area contributed by atoms with Gasteiger partial charge in [-0.05, 0) is 81.2 Å². The lowest BCUT2D eigenvalue weighted by atomic mass is 9.94. The van der Waals surface area contributed by atoms with Crippen LogP contribution in [-0.2, 0) is 9.59 Å². The Labute approximate surface area is 238 Å². The number of Topliss-reactive ketones (excluding diaryl/α,β-unsaturated/α-hetero) is 1. The van der Waals surface area contributed by atoms with Crippen molar-refractivity contribution in [2.45, 2.75) is 53.0 Å². The number of ketones is 1. The topological polar surface area (TPSA) is 88.5 Å². The first-order valence-corrected chi connectivity index (χ1v) is 14.1. The van der Waals surface area contributed by atoms with Crippen LogP contribution < -0.4 is 14.2 Å². The molecule has 8 nitrogen and oxygen atoms in total. The number of carbonyl (C=O) groups excluding carboxylic acids is 2. The van der Waals surface area contributed by atoms with Gasteiger partial charge in [0.15, 0.2) is 11.5 Å². The molecule has 1 aliphatic heterocycles. The molecule has 1 fully saturated rings. The highest BCUT2D eigenvalue weighted by Gasteiger charge is 2.46. The third-order valence-electron chi connectivity index (χ3n) is 6.99. The van der Waals surface area contributed by atoms with Gasteiger partial charge in [-0.3, -0.25) is 9.59 Å². The van der Waals surface area contributed by atoms with Crippen molar-refractivity contribution in [3.63, 3.8) is 0 Å². The van der Waals surface area contributed by atoms with Crippen LogP contribution in [0.5, 0.6) is 17.2 Å². The van der Waals surface area contributed by atoms with Gasteiger partial charge in [0.05, 0.1) is 31.9 Å². The molecule has 0 aliphatic carbocycles. The van der Waals surface area contributed by atoms with Gasteiger partial charge in [-0.25, -0.2) is 0 Å². The molecular weight excluding hydrogens is 508 g/mol. The summed E-state index contributed by atoms with van der Waals surface area (Å²) >= 11 is 0. The highest BCUT2D eigenvalue weighted by molar-refractivity contribution is 6.46. The van der Waals surface area contributed by atoms with Crippen LogP contribution in [0.4, 0.5) is 0 Å². The lowest BCUT2D eigenvalue weighted by Crippen LogP contribution is -2.35. The first kappa shape index (κ1) is 31.0. The summed E-state index contributed by atoms with van der Waals surface area (Å²) in [4.78, 5) is 30.2. The van der Waals surface area contributed by atoms with Crippen molar-refractivity contribution in [1.29, 1.82) is 0 Å². The molecule has 8 heteroatoms. The summed E-state index contributed by atoms with van der Waals surface area (Å²) in [5.41, 5.74) is 2.00. The molecule has 218 valence electrons. The lowest BCUT2D eigenvalue weighted by Gasteiger charge is -2.27. The van der Waals surface area contributed by atoms with Gasteiger partial charge in [-0.2, -0.15) is 0 Å². The predicted molar refractivity (Wildman–Crippen MR) is 157 cm³/mol. The normalized spacial score (nSPS) is 16.7. The molecule has 1 atom stereocenters. The minimum atomic E-state index is -0.778. The quantitative estimate of drug-likeness (QED) is 0.141. The van der Waals surface area contributed by atoms with Gasteiger partial charge < -0.3 is 29.1 Å². The maximum atomic E-state index is 13.4. The van der Waals surface area contributed by atoms with E-state index >= 15 is 0 Å². The van der Waals surface area contributed by atoms with E-state index in [0.717, 1.165) is 30.6 Å². The van der Waals surface area contributed by atoms with Crippen LogP contribution in [0, 0.1) is 12.8 Å². The van der Waals surface area contributed by atoms with Crippen LogP contribution in [0.1, 0.15) is 62.8 Å². The molecule has 0 radical (unpaired) electrons. The van der Waals surface area contributed by atoms with Crippen molar-refractivity contribution in [2.75, 3.05) is 47.5 Å². The third kappa shape index (κ3) is 7.36. The summed E-state index contributed by atoms with van der Waals surface area (Å²) in [6, 6.07) is 9.94. The van der Waals surface area contributed by atoms with E-state index in [9.17, 15) is 14.7 Å². The molecule has 2 aromatic rings. The number of aliphatic hydroxyl groups is 1. The van der Waals surface area contributed by atoms with Gasteiger partial charge in [0, 0.05) is 18.7 Å². The molecule has 40 heavy (non-hydrogen) atoms. The number of hydrogen-bond donors (Lipinski definition) is 1.